The Morgan fingerprint density at radius 3 is 2.78 bits per heavy atom. The molecule has 1 aliphatic rings. The lowest BCUT2D eigenvalue weighted by Gasteiger charge is -2.30. The van der Waals surface area contributed by atoms with Gasteiger partial charge in [-0.1, -0.05) is 13.0 Å². The van der Waals surface area contributed by atoms with E-state index in [0.29, 0.717) is 19.5 Å². The number of halogens is 1. The van der Waals surface area contributed by atoms with Crippen LogP contribution < -0.4 is 0 Å². The van der Waals surface area contributed by atoms with Crippen LogP contribution in [0.3, 0.4) is 0 Å². The minimum atomic E-state index is -0.496. The highest BCUT2D eigenvalue weighted by molar-refractivity contribution is 5.96. The second-order valence-corrected chi connectivity index (χ2v) is 4.85. The molecule has 4 heteroatoms. The fourth-order valence-corrected chi connectivity index (χ4v) is 2.16. The van der Waals surface area contributed by atoms with Gasteiger partial charge in [0.15, 0.2) is 0 Å². The molecule has 3 nitrogen and oxygen atoms in total. The molecule has 1 heterocycles. The van der Waals surface area contributed by atoms with Crippen LogP contribution >= 0.6 is 0 Å². The Morgan fingerprint density at radius 2 is 2.17 bits per heavy atom. The van der Waals surface area contributed by atoms with Crippen LogP contribution in [-0.4, -0.2) is 29.7 Å². The van der Waals surface area contributed by atoms with Crippen LogP contribution in [0.15, 0.2) is 18.2 Å². The van der Waals surface area contributed by atoms with E-state index in [1.807, 2.05) is 0 Å². The summed E-state index contributed by atoms with van der Waals surface area (Å²) in [5, 5.41) is 0. The number of aryl methyl sites for hydroxylation is 1. The molecule has 0 saturated carbocycles. The average molecular weight is 249 g/mol. The summed E-state index contributed by atoms with van der Waals surface area (Å²) in [5.41, 5.74) is 0.869. The molecule has 2 rings (SSSR count). The van der Waals surface area contributed by atoms with Crippen LogP contribution in [0.1, 0.15) is 29.3 Å². The fourth-order valence-electron chi connectivity index (χ4n) is 2.16. The molecule has 0 N–H and O–H groups in total. The highest BCUT2D eigenvalue weighted by Gasteiger charge is 2.28. The number of Topliss-reactive ketones (excluding diaryl/α,β-unsaturated/α-hetero) is 1. The molecule has 1 atom stereocenters. The van der Waals surface area contributed by atoms with Gasteiger partial charge >= 0.3 is 0 Å². The van der Waals surface area contributed by atoms with Crippen molar-refractivity contribution in [1.82, 2.24) is 4.90 Å². The van der Waals surface area contributed by atoms with Crippen LogP contribution in [-0.2, 0) is 4.79 Å². The highest BCUT2D eigenvalue weighted by Crippen LogP contribution is 2.18. The van der Waals surface area contributed by atoms with Crippen LogP contribution in [0.25, 0.3) is 0 Å². The zero-order valence-electron chi connectivity index (χ0n) is 10.6. The first-order valence-corrected chi connectivity index (χ1v) is 6.07. The minimum Gasteiger partial charge on any atom is -0.337 e. The lowest BCUT2D eigenvalue weighted by atomic mass is 9.98. The van der Waals surface area contributed by atoms with Gasteiger partial charge in [0.05, 0.1) is 5.56 Å². The molecule has 1 aliphatic heterocycles. The van der Waals surface area contributed by atoms with Crippen molar-refractivity contribution in [1.29, 1.82) is 0 Å². The summed E-state index contributed by atoms with van der Waals surface area (Å²) in [4.78, 5) is 25.1. The monoisotopic (exact) mass is 249 g/mol. The maximum atomic E-state index is 13.7. The molecule has 0 radical (unpaired) electrons. The van der Waals surface area contributed by atoms with Crippen molar-refractivity contribution in [2.24, 2.45) is 5.92 Å². The van der Waals surface area contributed by atoms with E-state index in [4.69, 9.17) is 0 Å². The fraction of sp³-hybridized carbons (Fsp3) is 0.429. The van der Waals surface area contributed by atoms with Gasteiger partial charge in [-0.15, -0.1) is 0 Å². The number of rotatable bonds is 1. The zero-order valence-corrected chi connectivity index (χ0v) is 10.6. The number of benzene rings is 1. The van der Waals surface area contributed by atoms with Crippen molar-refractivity contribution in [2.75, 3.05) is 13.1 Å². The van der Waals surface area contributed by atoms with Gasteiger partial charge in [0.1, 0.15) is 11.6 Å². The third kappa shape index (κ3) is 2.42. The summed E-state index contributed by atoms with van der Waals surface area (Å²) < 4.78 is 13.7. The van der Waals surface area contributed by atoms with Crippen LogP contribution in [0.4, 0.5) is 4.39 Å². The van der Waals surface area contributed by atoms with Crippen molar-refractivity contribution < 1.29 is 14.0 Å². The third-order valence-electron chi connectivity index (χ3n) is 3.31. The van der Waals surface area contributed by atoms with Crippen molar-refractivity contribution in [3.63, 3.8) is 0 Å². The molecule has 18 heavy (non-hydrogen) atoms. The maximum Gasteiger partial charge on any atom is 0.256 e. The summed E-state index contributed by atoms with van der Waals surface area (Å²) >= 11 is 0. The van der Waals surface area contributed by atoms with E-state index < -0.39 is 5.82 Å². The Balaban J connectivity index is 2.19. The molecule has 0 aliphatic carbocycles. The molecule has 1 unspecified atom stereocenters. The Hall–Kier alpha value is -1.71. The predicted octanol–water partition coefficient (Wildman–Crippen LogP) is 2.19. The van der Waals surface area contributed by atoms with E-state index >= 15 is 0 Å². The van der Waals surface area contributed by atoms with Crippen molar-refractivity contribution >= 4 is 11.7 Å². The topological polar surface area (TPSA) is 37.4 Å². The minimum absolute atomic E-state index is 0.0853. The number of ketones is 1. The van der Waals surface area contributed by atoms with Crippen molar-refractivity contribution in [3.05, 3.63) is 35.1 Å². The number of likely N-dealkylation sites (tertiary alicyclic amines) is 1. The van der Waals surface area contributed by atoms with E-state index in [0.717, 1.165) is 5.56 Å². The number of hydrogen-bond donors (Lipinski definition) is 0. The summed E-state index contributed by atoms with van der Waals surface area (Å²) in [6.07, 6.45) is 0.361. The van der Waals surface area contributed by atoms with Gasteiger partial charge in [-0.25, -0.2) is 4.39 Å². The molecule has 1 fully saturated rings. The number of carbonyl (C=O) groups excluding carboxylic acids is 2. The Kier molecular flexibility index (Phi) is 3.45. The first-order chi connectivity index (χ1) is 8.49. The molecule has 1 saturated heterocycles. The normalized spacial score (nSPS) is 20.1. The van der Waals surface area contributed by atoms with Crippen molar-refractivity contribution in [2.45, 2.75) is 20.3 Å². The summed E-state index contributed by atoms with van der Waals surface area (Å²) in [6, 6.07) is 4.58. The molecule has 0 spiro atoms. The van der Waals surface area contributed by atoms with Gasteiger partial charge in [0.2, 0.25) is 0 Å². The molecule has 96 valence electrons. The standard InChI is InChI=1S/C14H16FNO2/c1-9-3-4-11(12(15)7-9)14(18)16-6-5-13(17)10(2)8-16/h3-4,7,10H,5-6,8H2,1-2H3. The predicted molar refractivity (Wildman–Crippen MR) is 65.8 cm³/mol. The van der Waals surface area contributed by atoms with Gasteiger partial charge in [-0.05, 0) is 24.6 Å². The number of piperidine rings is 1. The van der Waals surface area contributed by atoms with Gasteiger partial charge in [0, 0.05) is 25.4 Å². The van der Waals surface area contributed by atoms with Gasteiger partial charge < -0.3 is 4.90 Å². The molecule has 0 aromatic heterocycles. The molecule has 1 aromatic carbocycles. The van der Waals surface area contributed by atoms with E-state index in [2.05, 4.69) is 0 Å². The average Bonchev–Trinajstić information content (AvgIpc) is 2.32. The summed E-state index contributed by atoms with van der Waals surface area (Å²) in [5.74, 6) is -0.809. The van der Waals surface area contributed by atoms with Crippen molar-refractivity contribution in [3.8, 4) is 0 Å². The lowest BCUT2D eigenvalue weighted by molar-refractivity contribution is -0.124. The first-order valence-electron chi connectivity index (χ1n) is 6.07. The largest absolute Gasteiger partial charge is 0.337 e. The van der Waals surface area contributed by atoms with E-state index in [-0.39, 0.29) is 23.2 Å². The number of amides is 1. The quantitative estimate of drug-likeness (QED) is 0.765. The number of nitrogens with zero attached hydrogens (tertiary/aromatic N) is 1. The first kappa shape index (κ1) is 12.7. The van der Waals surface area contributed by atoms with Crippen LogP contribution in [0, 0.1) is 18.7 Å². The Bertz CT molecular complexity index is 499. The SMILES string of the molecule is Cc1ccc(C(=O)N2CCC(=O)C(C)C2)c(F)c1. The second kappa shape index (κ2) is 4.88. The highest BCUT2D eigenvalue weighted by atomic mass is 19.1. The van der Waals surface area contributed by atoms with E-state index in [1.54, 1.807) is 24.8 Å². The molecular weight excluding hydrogens is 233 g/mol. The van der Waals surface area contributed by atoms with Gasteiger partial charge in [0.25, 0.3) is 5.91 Å². The summed E-state index contributed by atoms with van der Waals surface area (Å²) in [6.45, 7) is 4.34. The second-order valence-electron chi connectivity index (χ2n) is 4.85. The number of carbonyl (C=O) groups is 2. The molecule has 1 amide bonds. The van der Waals surface area contributed by atoms with E-state index in [9.17, 15) is 14.0 Å². The van der Waals surface area contributed by atoms with E-state index in [1.165, 1.54) is 12.1 Å². The smallest absolute Gasteiger partial charge is 0.256 e. The number of hydrogen-bond acceptors (Lipinski definition) is 2. The Labute approximate surface area is 106 Å². The van der Waals surface area contributed by atoms with Gasteiger partial charge in [-0.3, -0.25) is 9.59 Å². The summed E-state index contributed by atoms with van der Waals surface area (Å²) in [7, 11) is 0. The third-order valence-corrected chi connectivity index (χ3v) is 3.31. The maximum absolute atomic E-state index is 13.7. The lowest BCUT2D eigenvalue weighted by Crippen LogP contribution is -2.43. The van der Waals surface area contributed by atoms with Crippen LogP contribution in [0.5, 0.6) is 0 Å². The molecule has 0 bridgehead atoms. The van der Waals surface area contributed by atoms with Crippen LogP contribution in [0.2, 0.25) is 0 Å². The zero-order chi connectivity index (χ0) is 13.3. The molecule has 1 aromatic rings. The van der Waals surface area contributed by atoms with Gasteiger partial charge in [-0.2, -0.15) is 0 Å². The Morgan fingerprint density at radius 1 is 1.44 bits per heavy atom. The molecular formula is C14H16FNO2.